The maximum absolute atomic E-state index is 5.18. The van der Waals surface area contributed by atoms with Gasteiger partial charge in [-0.15, -0.1) is 11.8 Å². The zero-order valence-corrected chi connectivity index (χ0v) is 11.2. The smallest absolute Gasteiger partial charge is 0.257 e. The van der Waals surface area contributed by atoms with Crippen LogP contribution in [-0.2, 0) is 5.75 Å². The minimum atomic E-state index is 0.524. The molecule has 1 aromatic heterocycles. The van der Waals surface area contributed by atoms with Crippen molar-refractivity contribution in [3.05, 3.63) is 48.0 Å². The molecule has 0 atom stereocenters. The molecular weight excluding hydrogens is 246 g/mol. The number of ether oxygens (including phenoxy) is 2. The Kier molecular flexibility index (Phi) is 4.47. The molecule has 0 spiro atoms. The summed E-state index contributed by atoms with van der Waals surface area (Å²) in [6.45, 7) is 0. The highest BCUT2D eigenvalue weighted by molar-refractivity contribution is 7.98. The lowest BCUT2D eigenvalue weighted by Gasteiger charge is -2.08. The Balaban J connectivity index is 2.06. The zero-order valence-electron chi connectivity index (χ0n) is 10.4. The van der Waals surface area contributed by atoms with Crippen LogP contribution in [0.15, 0.2) is 47.5 Å². The van der Waals surface area contributed by atoms with Crippen molar-refractivity contribution < 1.29 is 9.47 Å². The molecule has 2 rings (SSSR count). The van der Waals surface area contributed by atoms with Crippen LogP contribution < -0.4 is 9.47 Å². The van der Waals surface area contributed by atoms with E-state index in [-0.39, 0.29) is 0 Å². The van der Waals surface area contributed by atoms with Crippen molar-refractivity contribution in [2.75, 3.05) is 14.2 Å². The van der Waals surface area contributed by atoms with Crippen LogP contribution in [0, 0.1) is 0 Å². The predicted octanol–water partition coefficient (Wildman–Crippen LogP) is 3.39. The number of methoxy groups -OCH3 is 2. The molecule has 94 valence electrons. The van der Waals surface area contributed by atoms with Gasteiger partial charge in [-0.25, -0.2) is 4.98 Å². The van der Waals surface area contributed by atoms with E-state index in [1.54, 1.807) is 26.0 Å². The van der Waals surface area contributed by atoms with Crippen molar-refractivity contribution >= 4 is 11.8 Å². The van der Waals surface area contributed by atoms with Crippen molar-refractivity contribution in [3.63, 3.8) is 0 Å². The molecule has 1 aromatic carbocycles. The number of hydrogen-bond acceptors (Lipinski definition) is 4. The summed E-state index contributed by atoms with van der Waals surface area (Å²) in [5.74, 6) is 2.07. The highest BCUT2D eigenvalue weighted by atomic mass is 32.2. The van der Waals surface area contributed by atoms with E-state index < -0.39 is 0 Å². The average Bonchev–Trinajstić information content (AvgIpc) is 2.45. The average molecular weight is 261 g/mol. The molecule has 0 fully saturated rings. The maximum Gasteiger partial charge on any atom is 0.257 e. The molecule has 0 N–H and O–H groups in total. The molecule has 0 aliphatic rings. The van der Waals surface area contributed by atoms with Gasteiger partial charge in [-0.3, -0.25) is 0 Å². The molecule has 4 heteroatoms. The number of benzene rings is 1. The van der Waals surface area contributed by atoms with E-state index in [9.17, 15) is 0 Å². The van der Waals surface area contributed by atoms with Crippen molar-refractivity contribution in [1.29, 1.82) is 0 Å². The van der Waals surface area contributed by atoms with Gasteiger partial charge in [0, 0.05) is 5.75 Å². The van der Waals surface area contributed by atoms with E-state index in [1.165, 1.54) is 5.56 Å². The van der Waals surface area contributed by atoms with Gasteiger partial charge in [0.15, 0.2) is 5.75 Å². The van der Waals surface area contributed by atoms with Crippen LogP contribution in [0.3, 0.4) is 0 Å². The molecule has 0 radical (unpaired) electrons. The zero-order chi connectivity index (χ0) is 12.8. The Labute approximate surface area is 111 Å². The Hall–Kier alpha value is -1.68. The topological polar surface area (TPSA) is 31.4 Å². The summed E-state index contributed by atoms with van der Waals surface area (Å²) in [7, 11) is 3.20. The summed E-state index contributed by atoms with van der Waals surface area (Å²) in [6.07, 6.45) is 0. The van der Waals surface area contributed by atoms with Crippen LogP contribution in [0.25, 0.3) is 0 Å². The van der Waals surface area contributed by atoms with E-state index >= 15 is 0 Å². The summed E-state index contributed by atoms with van der Waals surface area (Å²) in [5, 5.41) is 0.927. The summed E-state index contributed by atoms with van der Waals surface area (Å²) in [4.78, 5) is 4.39. The van der Waals surface area contributed by atoms with Crippen LogP contribution >= 0.6 is 11.8 Å². The van der Waals surface area contributed by atoms with Gasteiger partial charge in [-0.05, 0) is 17.7 Å². The third-order valence-corrected chi connectivity index (χ3v) is 3.44. The number of thioether (sulfide) groups is 1. The minimum Gasteiger partial charge on any atom is -0.491 e. The fourth-order valence-corrected chi connectivity index (χ4v) is 2.34. The molecule has 0 aliphatic carbocycles. The molecule has 0 saturated carbocycles. The number of aromatic nitrogens is 1. The fourth-order valence-electron chi connectivity index (χ4n) is 1.52. The van der Waals surface area contributed by atoms with Crippen LogP contribution in [0.2, 0.25) is 0 Å². The Morgan fingerprint density at radius 2 is 1.78 bits per heavy atom. The molecule has 0 unspecified atom stereocenters. The van der Waals surface area contributed by atoms with E-state index in [2.05, 4.69) is 17.1 Å². The fraction of sp³-hybridized carbons (Fsp3) is 0.214. The van der Waals surface area contributed by atoms with Crippen LogP contribution in [0.5, 0.6) is 11.6 Å². The highest BCUT2D eigenvalue weighted by Gasteiger charge is 2.06. The van der Waals surface area contributed by atoms with E-state index in [1.807, 2.05) is 30.3 Å². The van der Waals surface area contributed by atoms with Crippen LogP contribution in [-0.4, -0.2) is 19.2 Å². The Bertz CT molecular complexity index is 502. The van der Waals surface area contributed by atoms with Crippen molar-refractivity contribution in [2.45, 2.75) is 10.8 Å². The van der Waals surface area contributed by atoms with Crippen LogP contribution in [0.4, 0.5) is 0 Å². The van der Waals surface area contributed by atoms with Gasteiger partial charge in [-0.1, -0.05) is 30.3 Å². The SMILES string of the molecule is COc1ccc(SCc2ccccc2)nc1OC. The van der Waals surface area contributed by atoms with E-state index in [0.29, 0.717) is 11.6 Å². The third-order valence-electron chi connectivity index (χ3n) is 2.44. The molecule has 0 saturated heterocycles. The Morgan fingerprint density at radius 1 is 1.00 bits per heavy atom. The molecule has 18 heavy (non-hydrogen) atoms. The van der Waals surface area contributed by atoms with Gasteiger partial charge >= 0.3 is 0 Å². The second-order valence-electron chi connectivity index (χ2n) is 3.64. The first-order valence-electron chi connectivity index (χ1n) is 5.59. The van der Waals surface area contributed by atoms with Gasteiger partial charge in [0.1, 0.15) is 5.03 Å². The maximum atomic E-state index is 5.18. The second-order valence-corrected chi connectivity index (χ2v) is 4.63. The highest BCUT2D eigenvalue weighted by Crippen LogP contribution is 2.29. The Morgan fingerprint density at radius 3 is 2.44 bits per heavy atom. The lowest BCUT2D eigenvalue weighted by molar-refractivity contribution is 0.340. The largest absolute Gasteiger partial charge is 0.491 e. The normalized spacial score (nSPS) is 10.1. The summed E-state index contributed by atoms with van der Waals surface area (Å²) in [6, 6.07) is 14.1. The summed E-state index contributed by atoms with van der Waals surface area (Å²) >= 11 is 1.68. The molecular formula is C14H15NO2S. The van der Waals surface area contributed by atoms with Gasteiger partial charge in [-0.2, -0.15) is 0 Å². The third kappa shape index (κ3) is 3.17. The van der Waals surface area contributed by atoms with Crippen LogP contribution in [0.1, 0.15) is 5.56 Å². The second kappa shape index (κ2) is 6.31. The molecule has 0 aliphatic heterocycles. The van der Waals surface area contributed by atoms with Gasteiger partial charge in [0.05, 0.1) is 14.2 Å². The first kappa shape index (κ1) is 12.8. The predicted molar refractivity (Wildman–Crippen MR) is 73.3 cm³/mol. The van der Waals surface area contributed by atoms with Crippen molar-refractivity contribution in [3.8, 4) is 11.6 Å². The lowest BCUT2D eigenvalue weighted by atomic mass is 10.2. The van der Waals surface area contributed by atoms with E-state index in [0.717, 1.165) is 10.8 Å². The quantitative estimate of drug-likeness (QED) is 0.772. The molecule has 3 nitrogen and oxygen atoms in total. The van der Waals surface area contributed by atoms with Gasteiger partial charge < -0.3 is 9.47 Å². The standard InChI is InChI=1S/C14H15NO2S/c1-16-12-8-9-13(15-14(12)17-2)18-10-11-6-4-3-5-7-11/h3-9H,10H2,1-2H3. The summed E-state index contributed by atoms with van der Waals surface area (Å²) < 4.78 is 10.3. The monoisotopic (exact) mass is 261 g/mol. The number of nitrogens with zero attached hydrogens (tertiary/aromatic N) is 1. The molecule has 0 amide bonds. The number of rotatable bonds is 5. The van der Waals surface area contributed by atoms with Gasteiger partial charge in [0.25, 0.3) is 5.88 Å². The first-order valence-corrected chi connectivity index (χ1v) is 6.58. The van der Waals surface area contributed by atoms with Gasteiger partial charge in [0.2, 0.25) is 0 Å². The number of hydrogen-bond donors (Lipinski definition) is 0. The summed E-state index contributed by atoms with van der Waals surface area (Å²) in [5.41, 5.74) is 1.28. The van der Waals surface area contributed by atoms with Crippen molar-refractivity contribution in [2.24, 2.45) is 0 Å². The van der Waals surface area contributed by atoms with Crippen molar-refractivity contribution in [1.82, 2.24) is 4.98 Å². The molecule has 2 aromatic rings. The number of pyridine rings is 1. The molecule has 1 heterocycles. The molecule has 0 bridgehead atoms. The first-order chi connectivity index (χ1) is 8.83. The lowest BCUT2D eigenvalue weighted by Crippen LogP contribution is -1.94. The minimum absolute atomic E-state index is 0.524. The van der Waals surface area contributed by atoms with E-state index in [4.69, 9.17) is 9.47 Å².